The molecular weight excluding hydrogens is 426 g/mol. The minimum absolute atomic E-state index is 0.0822. The zero-order chi connectivity index (χ0) is 23.0. The maximum Gasteiger partial charge on any atom is 0.266 e. The monoisotopic (exact) mass is 468 g/mol. The molecule has 2 aliphatic heterocycles. The highest BCUT2D eigenvalue weighted by Gasteiger charge is 2.38. The first-order chi connectivity index (χ1) is 16.1. The molecule has 4 aliphatic rings. The lowest BCUT2D eigenvalue weighted by atomic mass is 9.68. The molecule has 4 nitrogen and oxygen atoms in total. The molecule has 0 N–H and O–H groups in total. The lowest BCUT2D eigenvalue weighted by Gasteiger charge is -2.42. The lowest BCUT2D eigenvalue weighted by Crippen LogP contribution is -2.46. The first-order valence-electron chi connectivity index (χ1n) is 13.2. The van der Waals surface area contributed by atoms with Gasteiger partial charge in [0, 0.05) is 11.8 Å². The number of halogens is 2. The Hall–Kier alpha value is -0.820. The van der Waals surface area contributed by atoms with Gasteiger partial charge < -0.3 is 18.9 Å². The lowest BCUT2D eigenvalue weighted by molar-refractivity contribution is -0.289. The van der Waals surface area contributed by atoms with Crippen LogP contribution in [0, 0.1) is 35.5 Å². The van der Waals surface area contributed by atoms with Crippen molar-refractivity contribution >= 4 is 0 Å². The van der Waals surface area contributed by atoms with Crippen molar-refractivity contribution in [3.05, 3.63) is 24.3 Å². The first kappa shape index (κ1) is 25.3. The van der Waals surface area contributed by atoms with Crippen LogP contribution in [0.5, 0.6) is 0 Å². The fourth-order valence-corrected chi connectivity index (χ4v) is 6.42. The minimum Gasteiger partial charge on any atom is -0.352 e. The molecule has 2 heterocycles. The van der Waals surface area contributed by atoms with Crippen LogP contribution in [-0.2, 0) is 18.9 Å². The highest BCUT2D eigenvalue weighted by atomic mass is 19.3. The maximum absolute atomic E-state index is 12.2. The SMILES string of the molecule is C/C=C/C1COC(C2COC(C3CCC(C4CCC(CCC=C(F)F)CC4)CC3)OC2)OC1. The highest BCUT2D eigenvalue weighted by Crippen LogP contribution is 2.43. The smallest absolute Gasteiger partial charge is 0.266 e. The summed E-state index contributed by atoms with van der Waals surface area (Å²) in [5.74, 6) is 3.26. The van der Waals surface area contributed by atoms with Gasteiger partial charge in [0.05, 0.1) is 32.3 Å². The molecule has 4 fully saturated rings. The average Bonchev–Trinajstić information content (AvgIpc) is 2.85. The molecule has 0 aromatic heterocycles. The fraction of sp³-hybridized carbons (Fsp3) is 0.852. The number of hydrogen-bond donors (Lipinski definition) is 0. The summed E-state index contributed by atoms with van der Waals surface area (Å²) in [6.45, 7) is 4.72. The number of ether oxygens (including phenoxy) is 4. The van der Waals surface area contributed by atoms with Crippen molar-refractivity contribution in [1.29, 1.82) is 0 Å². The van der Waals surface area contributed by atoms with Crippen LogP contribution in [0.3, 0.4) is 0 Å². The Kier molecular flexibility index (Phi) is 9.77. The Morgan fingerprint density at radius 2 is 1.21 bits per heavy atom. The van der Waals surface area contributed by atoms with E-state index in [9.17, 15) is 8.78 Å². The molecule has 0 radical (unpaired) electrons. The second-order valence-corrected chi connectivity index (χ2v) is 10.6. The predicted octanol–water partition coefficient (Wildman–Crippen LogP) is 6.71. The third kappa shape index (κ3) is 7.33. The summed E-state index contributed by atoms with van der Waals surface area (Å²) in [7, 11) is 0. The van der Waals surface area contributed by atoms with Crippen LogP contribution in [0.1, 0.15) is 71.1 Å². The Morgan fingerprint density at radius 1 is 0.697 bits per heavy atom. The van der Waals surface area contributed by atoms with Crippen molar-refractivity contribution in [3.8, 4) is 0 Å². The summed E-state index contributed by atoms with van der Waals surface area (Å²) in [6.07, 6.45) is 14.8. The fourth-order valence-electron chi connectivity index (χ4n) is 6.42. The molecule has 0 aromatic rings. The van der Waals surface area contributed by atoms with Crippen molar-refractivity contribution in [2.75, 3.05) is 26.4 Å². The van der Waals surface area contributed by atoms with Crippen LogP contribution in [0.4, 0.5) is 8.78 Å². The molecule has 33 heavy (non-hydrogen) atoms. The van der Waals surface area contributed by atoms with Crippen LogP contribution in [0.15, 0.2) is 24.3 Å². The van der Waals surface area contributed by atoms with Gasteiger partial charge in [-0.15, -0.1) is 0 Å². The molecule has 6 heteroatoms. The Labute approximate surface area is 198 Å². The van der Waals surface area contributed by atoms with E-state index in [1.54, 1.807) is 0 Å². The molecular formula is C27H42F2O4. The first-order valence-corrected chi connectivity index (χ1v) is 13.2. The van der Waals surface area contributed by atoms with E-state index in [4.69, 9.17) is 18.9 Å². The molecule has 0 atom stereocenters. The van der Waals surface area contributed by atoms with Crippen molar-refractivity contribution in [2.24, 2.45) is 35.5 Å². The van der Waals surface area contributed by atoms with Gasteiger partial charge in [0.15, 0.2) is 12.6 Å². The van der Waals surface area contributed by atoms with Gasteiger partial charge in [-0.3, -0.25) is 0 Å². The molecule has 0 unspecified atom stereocenters. The molecule has 2 saturated carbocycles. The second-order valence-electron chi connectivity index (χ2n) is 10.6. The summed E-state index contributed by atoms with van der Waals surface area (Å²) in [6, 6.07) is 0. The van der Waals surface area contributed by atoms with Gasteiger partial charge >= 0.3 is 0 Å². The van der Waals surface area contributed by atoms with Crippen molar-refractivity contribution in [2.45, 2.75) is 83.7 Å². The van der Waals surface area contributed by atoms with E-state index in [1.807, 2.05) is 13.0 Å². The largest absolute Gasteiger partial charge is 0.352 e. The summed E-state index contributed by atoms with van der Waals surface area (Å²) >= 11 is 0. The van der Waals surface area contributed by atoms with Gasteiger partial charge in [0.2, 0.25) is 0 Å². The Bertz CT molecular complexity index is 618. The Morgan fingerprint density at radius 3 is 1.79 bits per heavy atom. The molecule has 0 spiro atoms. The van der Waals surface area contributed by atoms with E-state index < -0.39 is 6.08 Å². The van der Waals surface area contributed by atoms with E-state index in [0.29, 0.717) is 50.6 Å². The zero-order valence-electron chi connectivity index (χ0n) is 20.1. The highest BCUT2D eigenvalue weighted by molar-refractivity contribution is 4.88. The predicted molar refractivity (Wildman–Crippen MR) is 124 cm³/mol. The summed E-state index contributed by atoms with van der Waals surface area (Å²) in [5, 5.41) is 0. The van der Waals surface area contributed by atoms with Gasteiger partial charge in [-0.2, -0.15) is 8.78 Å². The second kappa shape index (κ2) is 12.8. The molecule has 0 amide bonds. The van der Waals surface area contributed by atoms with Crippen LogP contribution in [0.2, 0.25) is 0 Å². The summed E-state index contributed by atoms with van der Waals surface area (Å²) in [4.78, 5) is 0. The Balaban J connectivity index is 1.11. The van der Waals surface area contributed by atoms with E-state index >= 15 is 0 Å². The van der Waals surface area contributed by atoms with E-state index in [0.717, 1.165) is 24.3 Å². The maximum atomic E-state index is 12.2. The summed E-state index contributed by atoms with van der Waals surface area (Å²) in [5.41, 5.74) is 0. The van der Waals surface area contributed by atoms with Crippen LogP contribution < -0.4 is 0 Å². The topological polar surface area (TPSA) is 36.9 Å². The van der Waals surface area contributed by atoms with Gasteiger partial charge in [0.25, 0.3) is 6.08 Å². The minimum atomic E-state index is -1.53. The molecule has 2 aliphatic carbocycles. The van der Waals surface area contributed by atoms with Gasteiger partial charge in [-0.25, -0.2) is 0 Å². The molecule has 2 saturated heterocycles. The molecule has 188 valence electrons. The number of hydrogen-bond acceptors (Lipinski definition) is 4. The van der Waals surface area contributed by atoms with Crippen LogP contribution >= 0.6 is 0 Å². The van der Waals surface area contributed by atoms with Crippen molar-refractivity contribution < 1.29 is 27.7 Å². The molecule has 0 aromatic carbocycles. The van der Waals surface area contributed by atoms with E-state index in [2.05, 4.69) is 6.08 Å². The van der Waals surface area contributed by atoms with E-state index in [-0.39, 0.29) is 18.5 Å². The molecule has 0 bridgehead atoms. The number of allylic oxidation sites excluding steroid dienone is 2. The zero-order valence-corrected chi connectivity index (χ0v) is 20.1. The van der Waals surface area contributed by atoms with E-state index in [1.165, 1.54) is 51.4 Å². The molecule has 4 rings (SSSR count). The van der Waals surface area contributed by atoms with Gasteiger partial charge in [-0.1, -0.05) is 25.0 Å². The van der Waals surface area contributed by atoms with Gasteiger partial charge in [-0.05, 0) is 82.1 Å². The van der Waals surface area contributed by atoms with Crippen molar-refractivity contribution in [3.63, 3.8) is 0 Å². The third-order valence-electron chi connectivity index (χ3n) is 8.38. The standard InChI is InChI=1S/C27H42F2O4/c1-2-4-20-15-30-27(31-16-20)24-17-32-26(33-18-24)23-13-11-22(12-14-23)21-9-7-19(8-10-21)5-3-6-25(28)29/h2,4,6,19-24,26-27H,3,5,7-18H2,1H3/b4-2+. The quantitative estimate of drug-likeness (QED) is 0.389. The summed E-state index contributed by atoms with van der Waals surface area (Å²) < 4.78 is 48.6. The normalized spacial score (nSPS) is 40.6. The third-order valence-corrected chi connectivity index (χ3v) is 8.38. The number of rotatable bonds is 7. The van der Waals surface area contributed by atoms with Crippen molar-refractivity contribution in [1.82, 2.24) is 0 Å². The average molecular weight is 469 g/mol. The van der Waals surface area contributed by atoms with Crippen LogP contribution in [-0.4, -0.2) is 39.0 Å². The van der Waals surface area contributed by atoms with Gasteiger partial charge in [0.1, 0.15) is 0 Å². The van der Waals surface area contributed by atoms with Crippen LogP contribution in [0.25, 0.3) is 0 Å².